The number of thiophene rings is 1. The van der Waals surface area contributed by atoms with Crippen LogP contribution in [0, 0.1) is 12.3 Å². The lowest BCUT2D eigenvalue weighted by Crippen LogP contribution is -2.28. The van der Waals surface area contributed by atoms with Crippen molar-refractivity contribution in [3.8, 4) is 0 Å². The third-order valence-electron chi connectivity index (χ3n) is 3.75. The molecule has 114 valence electrons. The Bertz CT molecular complexity index is 576. The molecule has 1 fully saturated rings. The van der Waals surface area contributed by atoms with E-state index in [1.54, 1.807) is 17.4 Å². The van der Waals surface area contributed by atoms with E-state index in [9.17, 15) is 8.42 Å². The summed E-state index contributed by atoms with van der Waals surface area (Å²) in [5.41, 5.74) is 0.0997. The summed E-state index contributed by atoms with van der Waals surface area (Å²) in [4.78, 5) is 2.38. The van der Waals surface area contributed by atoms with Gasteiger partial charge in [-0.05, 0) is 37.8 Å². The van der Waals surface area contributed by atoms with Gasteiger partial charge < -0.3 is 5.32 Å². The van der Waals surface area contributed by atoms with E-state index in [0.717, 1.165) is 35.7 Å². The Balaban J connectivity index is 2.07. The van der Waals surface area contributed by atoms with E-state index in [4.69, 9.17) is 0 Å². The van der Waals surface area contributed by atoms with Gasteiger partial charge in [0.05, 0.1) is 4.90 Å². The maximum Gasteiger partial charge on any atom is 0.241 e. The molecule has 1 atom stereocenters. The molecule has 1 aliphatic carbocycles. The van der Waals surface area contributed by atoms with Gasteiger partial charge in [0.1, 0.15) is 0 Å². The molecule has 1 heterocycles. The van der Waals surface area contributed by atoms with Crippen LogP contribution in [0.3, 0.4) is 0 Å². The maximum atomic E-state index is 12.4. The van der Waals surface area contributed by atoms with Crippen molar-refractivity contribution < 1.29 is 8.42 Å². The molecule has 1 saturated carbocycles. The zero-order valence-electron chi connectivity index (χ0n) is 12.6. The summed E-state index contributed by atoms with van der Waals surface area (Å²) in [6.45, 7) is 9.85. The van der Waals surface area contributed by atoms with Gasteiger partial charge in [-0.15, -0.1) is 11.3 Å². The summed E-state index contributed by atoms with van der Waals surface area (Å²) in [5, 5.41) is 3.30. The van der Waals surface area contributed by atoms with Gasteiger partial charge in [0.2, 0.25) is 10.0 Å². The molecule has 0 amide bonds. The van der Waals surface area contributed by atoms with Crippen LogP contribution in [-0.2, 0) is 16.6 Å². The largest absolute Gasteiger partial charge is 0.312 e. The summed E-state index contributed by atoms with van der Waals surface area (Å²) in [7, 11) is -3.38. The Labute approximate surface area is 126 Å². The first-order valence-electron chi connectivity index (χ1n) is 7.08. The number of aryl methyl sites for hydroxylation is 1. The summed E-state index contributed by atoms with van der Waals surface area (Å²) in [5.74, 6) is 0. The van der Waals surface area contributed by atoms with Gasteiger partial charge in [0.15, 0.2) is 0 Å². The van der Waals surface area contributed by atoms with Crippen LogP contribution < -0.4 is 10.0 Å². The fourth-order valence-electron chi connectivity index (χ4n) is 2.19. The summed E-state index contributed by atoms with van der Waals surface area (Å²) in [6.07, 6.45) is 1.99. The molecule has 0 bridgehead atoms. The van der Waals surface area contributed by atoms with Crippen molar-refractivity contribution in [3.05, 3.63) is 15.8 Å². The minimum Gasteiger partial charge on any atom is -0.312 e. The third-order valence-corrected chi connectivity index (χ3v) is 6.53. The molecule has 4 nitrogen and oxygen atoms in total. The molecule has 0 saturated heterocycles. The molecule has 1 aromatic rings. The molecular weight excluding hydrogens is 292 g/mol. The second-order valence-electron chi connectivity index (χ2n) is 6.18. The highest BCUT2D eigenvalue weighted by molar-refractivity contribution is 7.89. The first-order chi connectivity index (χ1) is 9.26. The Morgan fingerprint density at radius 2 is 2.10 bits per heavy atom. The highest BCUT2D eigenvalue weighted by atomic mass is 32.2. The van der Waals surface area contributed by atoms with E-state index in [-0.39, 0.29) is 11.5 Å². The lowest BCUT2D eigenvalue weighted by Gasteiger charge is -2.07. The van der Waals surface area contributed by atoms with Crippen LogP contribution in [0.15, 0.2) is 11.0 Å². The molecule has 0 aromatic carbocycles. The zero-order chi connectivity index (χ0) is 15.0. The molecule has 20 heavy (non-hydrogen) atoms. The Hall–Kier alpha value is -0.430. The first-order valence-corrected chi connectivity index (χ1v) is 9.38. The average molecular weight is 316 g/mol. The van der Waals surface area contributed by atoms with Crippen molar-refractivity contribution in [1.29, 1.82) is 0 Å². The topological polar surface area (TPSA) is 58.2 Å². The maximum absolute atomic E-state index is 12.4. The molecule has 6 heteroatoms. The molecular formula is C14H24N2O2S2. The number of hydrogen-bond acceptors (Lipinski definition) is 4. The highest BCUT2D eigenvalue weighted by Crippen LogP contribution is 2.45. The number of hydrogen-bond donors (Lipinski definition) is 2. The number of rotatable bonds is 7. The van der Waals surface area contributed by atoms with Crippen LogP contribution in [0.5, 0.6) is 0 Å². The van der Waals surface area contributed by atoms with Crippen molar-refractivity contribution in [2.24, 2.45) is 5.41 Å². The van der Waals surface area contributed by atoms with Crippen LogP contribution in [0.1, 0.15) is 43.4 Å². The van der Waals surface area contributed by atoms with Gasteiger partial charge in [-0.1, -0.05) is 20.8 Å². The molecule has 0 radical (unpaired) electrons. The fraction of sp³-hybridized carbons (Fsp3) is 0.714. The summed E-state index contributed by atoms with van der Waals surface area (Å²) < 4.78 is 27.6. The minimum atomic E-state index is -3.38. The van der Waals surface area contributed by atoms with Crippen LogP contribution in [0.4, 0.5) is 0 Å². The molecule has 2 N–H and O–H groups in total. The first kappa shape index (κ1) is 15.9. The van der Waals surface area contributed by atoms with Crippen molar-refractivity contribution in [1.82, 2.24) is 10.0 Å². The Morgan fingerprint density at radius 1 is 1.45 bits per heavy atom. The van der Waals surface area contributed by atoms with Gasteiger partial charge in [-0.3, -0.25) is 0 Å². The normalized spacial score (nSPS) is 21.1. The Morgan fingerprint density at radius 3 is 2.65 bits per heavy atom. The van der Waals surface area contributed by atoms with E-state index in [0.29, 0.717) is 4.90 Å². The SMILES string of the molecule is CCCNCc1cc(S(=O)(=O)NC2CC2(C)C)c(C)s1. The average Bonchev–Trinajstić information content (AvgIpc) is 2.74. The van der Waals surface area contributed by atoms with Gasteiger partial charge in [-0.2, -0.15) is 0 Å². The van der Waals surface area contributed by atoms with Crippen molar-refractivity contribution in [3.63, 3.8) is 0 Å². The van der Waals surface area contributed by atoms with E-state index < -0.39 is 10.0 Å². The smallest absolute Gasteiger partial charge is 0.241 e. The van der Waals surface area contributed by atoms with Gasteiger partial charge in [0.25, 0.3) is 0 Å². The predicted molar refractivity (Wildman–Crippen MR) is 83.6 cm³/mol. The molecule has 2 rings (SSSR count). The van der Waals surface area contributed by atoms with Crippen LogP contribution >= 0.6 is 11.3 Å². The second kappa shape index (κ2) is 5.75. The van der Waals surface area contributed by atoms with Gasteiger partial charge >= 0.3 is 0 Å². The number of sulfonamides is 1. The zero-order valence-corrected chi connectivity index (χ0v) is 14.2. The van der Waals surface area contributed by atoms with Crippen LogP contribution in [-0.4, -0.2) is 21.0 Å². The van der Waals surface area contributed by atoms with E-state index >= 15 is 0 Å². The van der Waals surface area contributed by atoms with E-state index in [1.807, 2.05) is 6.92 Å². The third kappa shape index (κ3) is 3.61. The van der Waals surface area contributed by atoms with E-state index in [1.165, 1.54) is 0 Å². The van der Waals surface area contributed by atoms with Crippen LogP contribution in [0.2, 0.25) is 0 Å². The van der Waals surface area contributed by atoms with Crippen molar-refractivity contribution in [2.45, 2.75) is 58.0 Å². The lowest BCUT2D eigenvalue weighted by atomic mass is 10.2. The highest BCUT2D eigenvalue weighted by Gasteiger charge is 2.48. The van der Waals surface area contributed by atoms with Gasteiger partial charge in [0, 0.05) is 22.3 Å². The minimum absolute atomic E-state index is 0.0773. The molecule has 1 aliphatic rings. The molecule has 0 aliphatic heterocycles. The quantitative estimate of drug-likeness (QED) is 0.760. The summed E-state index contributed by atoms with van der Waals surface area (Å²) >= 11 is 1.56. The summed E-state index contributed by atoms with van der Waals surface area (Å²) in [6, 6.07) is 1.88. The van der Waals surface area contributed by atoms with E-state index in [2.05, 4.69) is 30.8 Å². The standard InChI is InChI=1S/C14H24N2O2S2/c1-5-6-15-9-11-7-12(10(2)19-11)20(17,18)16-13-8-14(13,3)4/h7,13,15-16H,5-6,8-9H2,1-4H3. The molecule has 0 spiro atoms. The molecule has 1 aromatic heterocycles. The predicted octanol–water partition coefficient (Wildman–Crippen LogP) is 2.63. The fourth-order valence-corrected chi connectivity index (χ4v) is 5.20. The Kier molecular flexibility index (Phi) is 4.59. The van der Waals surface area contributed by atoms with Crippen molar-refractivity contribution in [2.75, 3.05) is 6.54 Å². The monoisotopic (exact) mass is 316 g/mol. The second-order valence-corrected chi connectivity index (χ2v) is 9.20. The van der Waals surface area contributed by atoms with Crippen LogP contribution in [0.25, 0.3) is 0 Å². The number of nitrogens with one attached hydrogen (secondary N) is 2. The molecule has 1 unspecified atom stereocenters. The lowest BCUT2D eigenvalue weighted by molar-refractivity contribution is 0.555. The van der Waals surface area contributed by atoms with Gasteiger partial charge in [-0.25, -0.2) is 13.1 Å². The van der Waals surface area contributed by atoms with Crippen molar-refractivity contribution >= 4 is 21.4 Å².